The highest BCUT2D eigenvalue weighted by molar-refractivity contribution is 7.89. The summed E-state index contributed by atoms with van der Waals surface area (Å²) in [6.07, 6.45) is 0. The van der Waals surface area contributed by atoms with E-state index in [4.69, 9.17) is 5.14 Å². The van der Waals surface area contributed by atoms with Gasteiger partial charge in [-0.25, -0.2) is 13.6 Å². The number of benzene rings is 1. The molecule has 0 saturated heterocycles. The highest BCUT2D eigenvalue weighted by Crippen LogP contribution is 2.19. The van der Waals surface area contributed by atoms with Gasteiger partial charge < -0.3 is 5.32 Å². The Morgan fingerprint density at radius 1 is 1.41 bits per heavy atom. The fourth-order valence-corrected chi connectivity index (χ4v) is 1.70. The van der Waals surface area contributed by atoms with Crippen molar-refractivity contribution in [1.29, 1.82) is 0 Å². The van der Waals surface area contributed by atoms with Gasteiger partial charge in [0.05, 0.1) is 9.82 Å². The fraction of sp³-hybridized carbons (Fsp3) is 0.125. The second kappa shape index (κ2) is 4.47. The molecule has 1 rings (SSSR count). The van der Waals surface area contributed by atoms with Crippen LogP contribution in [-0.4, -0.2) is 26.3 Å². The van der Waals surface area contributed by atoms with Crippen LogP contribution in [0.2, 0.25) is 0 Å². The average molecular weight is 259 g/mol. The summed E-state index contributed by atoms with van der Waals surface area (Å²) in [6.45, 7) is 0. The van der Waals surface area contributed by atoms with Crippen LogP contribution < -0.4 is 10.5 Å². The predicted octanol–water partition coefficient (Wildman–Crippen LogP) is -0.398. The van der Waals surface area contributed by atoms with Gasteiger partial charge in [0.15, 0.2) is 0 Å². The number of nitrogens with one attached hydrogen (secondary N) is 1. The molecule has 1 aromatic carbocycles. The topological polar surface area (TPSA) is 132 Å². The largest absolute Gasteiger partial charge is 0.355 e. The van der Waals surface area contributed by atoms with E-state index in [9.17, 15) is 23.3 Å². The monoisotopic (exact) mass is 259 g/mol. The summed E-state index contributed by atoms with van der Waals surface area (Å²) in [7, 11) is -2.79. The van der Waals surface area contributed by atoms with Crippen LogP contribution in [0, 0.1) is 10.1 Å². The summed E-state index contributed by atoms with van der Waals surface area (Å²) >= 11 is 0. The molecule has 0 aromatic heterocycles. The first-order valence-electron chi connectivity index (χ1n) is 4.30. The number of nitrogens with zero attached hydrogens (tertiary/aromatic N) is 1. The number of sulfonamides is 1. The van der Waals surface area contributed by atoms with E-state index < -0.39 is 31.4 Å². The van der Waals surface area contributed by atoms with Gasteiger partial charge in [-0.3, -0.25) is 14.9 Å². The molecule has 1 amide bonds. The predicted molar refractivity (Wildman–Crippen MR) is 57.9 cm³/mol. The second-order valence-corrected chi connectivity index (χ2v) is 4.66. The zero-order chi connectivity index (χ0) is 13.2. The quantitative estimate of drug-likeness (QED) is 0.563. The summed E-state index contributed by atoms with van der Waals surface area (Å²) in [6, 6.07) is 2.73. The first-order valence-corrected chi connectivity index (χ1v) is 5.84. The summed E-state index contributed by atoms with van der Waals surface area (Å²) in [4.78, 5) is 20.6. The van der Waals surface area contributed by atoms with Gasteiger partial charge in [0.1, 0.15) is 0 Å². The van der Waals surface area contributed by atoms with Crippen molar-refractivity contribution >= 4 is 21.6 Å². The van der Waals surface area contributed by atoms with Gasteiger partial charge in [-0.2, -0.15) is 0 Å². The number of carbonyl (C=O) groups excluding carboxylic acids is 1. The summed E-state index contributed by atoms with van der Waals surface area (Å²) in [5.74, 6) is -0.640. The molecule has 0 spiro atoms. The van der Waals surface area contributed by atoms with Crippen molar-refractivity contribution in [3.63, 3.8) is 0 Å². The minimum absolute atomic E-state index is 0.147. The molecule has 0 unspecified atom stereocenters. The Kier molecular flexibility index (Phi) is 3.44. The SMILES string of the molecule is CNC(=O)c1cc([N+](=O)[O-])cc(S(N)(=O)=O)c1. The molecule has 8 nitrogen and oxygen atoms in total. The van der Waals surface area contributed by atoms with Crippen LogP contribution in [0.4, 0.5) is 5.69 Å². The van der Waals surface area contributed by atoms with Gasteiger partial charge in [0, 0.05) is 24.7 Å². The Morgan fingerprint density at radius 3 is 2.41 bits per heavy atom. The third kappa shape index (κ3) is 2.98. The standard InChI is InChI=1S/C8H9N3O5S/c1-10-8(12)5-2-6(11(13)14)4-7(3-5)17(9,15)16/h2-4H,1H3,(H,10,12)(H2,9,15,16). The maximum Gasteiger partial charge on any atom is 0.271 e. The van der Waals surface area contributed by atoms with Crippen molar-refractivity contribution in [3.8, 4) is 0 Å². The lowest BCUT2D eigenvalue weighted by atomic mass is 10.2. The van der Waals surface area contributed by atoms with Crippen molar-refractivity contribution in [2.45, 2.75) is 4.90 Å². The number of nitro groups is 1. The smallest absolute Gasteiger partial charge is 0.271 e. The lowest BCUT2D eigenvalue weighted by Crippen LogP contribution is -2.19. The number of amides is 1. The van der Waals surface area contributed by atoms with Crippen molar-refractivity contribution in [1.82, 2.24) is 5.32 Å². The molecule has 0 fully saturated rings. The van der Waals surface area contributed by atoms with Crippen LogP contribution in [0.1, 0.15) is 10.4 Å². The molecular weight excluding hydrogens is 250 g/mol. The molecule has 0 aliphatic heterocycles. The van der Waals surface area contributed by atoms with E-state index in [0.717, 1.165) is 18.2 Å². The van der Waals surface area contributed by atoms with Gasteiger partial charge in [0.2, 0.25) is 10.0 Å². The molecule has 17 heavy (non-hydrogen) atoms. The molecular formula is C8H9N3O5S. The Bertz CT molecular complexity index is 581. The van der Waals surface area contributed by atoms with E-state index in [-0.39, 0.29) is 5.56 Å². The maximum absolute atomic E-state index is 11.3. The van der Waals surface area contributed by atoms with Crippen LogP contribution in [-0.2, 0) is 10.0 Å². The van der Waals surface area contributed by atoms with Crippen molar-refractivity contribution in [2.75, 3.05) is 7.05 Å². The molecule has 9 heteroatoms. The third-order valence-electron chi connectivity index (χ3n) is 1.92. The van der Waals surface area contributed by atoms with Gasteiger partial charge in [-0.1, -0.05) is 0 Å². The van der Waals surface area contributed by atoms with Crippen LogP contribution in [0.5, 0.6) is 0 Å². The Balaban J connectivity index is 3.50. The molecule has 3 N–H and O–H groups in total. The van der Waals surface area contributed by atoms with E-state index in [1.165, 1.54) is 7.05 Å². The van der Waals surface area contributed by atoms with Crippen LogP contribution in [0.3, 0.4) is 0 Å². The zero-order valence-corrected chi connectivity index (χ0v) is 9.52. The molecule has 0 heterocycles. The summed E-state index contributed by atoms with van der Waals surface area (Å²) < 4.78 is 22.2. The Hall–Kier alpha value is -2.00. The van der Waals surface area contributed by atoms with Gasteiger partial charge in [-0.15, -0.1) is 0 Å². The first kappa shape index (κ1) is 13.1. The number of rotatable bonds is 3. The number of nitro benzene ring substituents is 1. The zero-order valence-electron chi connectivity index (χ0n) is 8.71. The molecule has 0 atom stereocenters. The van der Waals surface area contributed by atoms with Gasteiger partial charge >= 0.3 is 0 Å². The highest BCUT2D eigenvalue weighted by Gasteiger charge is 2.18. The Morgan fingerprint density at radius 2 is 2.00 bits per heavy atom. The van der Waals surface area contributed by atoms with Crippen LogP contribution in [0.15, 0.2) is 23.1 Å². The number of nitrogens with two attached hydrogens (primary N) is 1. The normalized spacial score (nSPS) is 10.9. The van der Waals surface area contributed by atoms with Crippen LogP contribution in [0.25, 0.3) is 0 Å². The number of hydrogen-bond donors (Lipinski definition) is 2. The van der Waals surface area contributed by atoms with E-state index in [0.29, 0.717) is 0 Å². The van der Waals surface area contributed by atoms with E-state index in [1.807, 2.05) is 0 Å². The third-order valence-corrected chi connectivity index (χ3v) is 2.81. The first-order chi connectivity index (χ1) is 7.75. The molecule has 0 aliphatic rings. The highest BCUT2D eigenvalue weighted by atomic mass is 32.2. The molecule has 1 aromatic rings. The fourth-order valence-electron chi connectivity index (χ4n) is 1.13. The lowest BCUT2D eigenvalue weighted by Gasteiger charge is -2.03. The van der Waals surface area contributed by atoms with Gasteiger partial charge in [-0.05, 0) is 6.07 Å². The number of primary sulfonamides is 1. The second-order valence-electron chi connectivity index (χ2n) is 3.10. The lowest BCUT2D eigenvalue weighted by molar-refractivity contribution is -0.385. The molecule has 92 valence electrons. The van der Waals surface area contributed by atoms with E-state index in [2.05, 4.69) is 5.32 Å². The Labute approximate surface area is 96.6 Å². The number of non-ortho nitro benzene ring substituents is 1. The minimum Gasteiger partial charge on any atom is -0.355 e. The summed E-state index contributed by atoms with van der Waals surface area (Å²) in [5, 5.41) is 17.7. The molecule has 0 bridgehead atoms. The molecule has 0 aliphatic carbocycles. The summed E-state index contributed by atoms with van der Waals surface area (Å²) in [5.41, 5.74) is -0.666. The van der Waals surface area contributed by atoms with Crippen molar-refractivity contribution in [2.24, 2.45) is 5.14 Å². The van der Waals surface area contributed by atoms with E-state index in [1.54, 1.807) is 0 Å². The molecule has 0 saturated carbocycles. The van der Waals surface area contributed by atoms with Crippen molar-refractivity contribution in [3.05, 3.63) is 33.9 Å². The maximum atomic E-state index is 11.3. The number of carbonyl (C=O) groups is 1. The van der Waals surface area contributed by atoms with Crippen molar-refractivity contribution < 1.29 is 18.1 Å². The average Bonchev–Trinajstić information content (AvgIpc) is 2.26. The number of hydrogen-bond acceptors (Lipinski definition) is 5. The van der Waals surface area contributed by atoms with E-state index >= 15 is 0 Å². The molecule has 0 radical (unpaired) electrons. The minimum atomic E-state index is -4.11. The van der Waals surface area contributed by atoms with Gasteiger partial charge in [0.25, 0.3) is 11.6 Å². The van der Waals surface area contributed by atoms with Crippen LogP contribution >= 0.6 is 0 Å².